The SMILES string of the molecule is CCOC(=O)c1c(NC(=O)c2cccc(C(=O)OC)c2)sc2c1CCS(=O)(=O)C2. The Labute approximate surface area is 171 Å². The second-order valence-corrected chi connectivity index (χ2v) is 9.59. The van der Waals surface area contributed by atoms with Crippen molar-refractivity contribution in [2.24, 2.45) is 0 Å². The van der Waals surface area contributed by atoms with Crippen molar-refractivity contribution in [1.82, 2.24) is 0 Å². The van der Waals surface area contributed by atoms with Crippen molar-refractivity contribution < 1.29 is 32.3 Å². The van der Waals surface area contributed by atoms with E-state index in [4.69, 9.17) is 4.74 Å². The molecule has 0 bridgehead atoms. The first-order valence-corrected chi connectivity index (χ1v) is 11.4. The second-order valence-electron chi connectivity index (χ2n) is 6.30. The quantitative estimate of drug-likeness (QED) is 0.714. The van der Waals surface area contributed by atoms with E-state index < -0.39 is 27.7 Å². The van der Waals surface area contributed by atoms with E-state index in [1.807, 2.05) is 0 Å². The third-order valence-electron chi connectivity index (χ3n) is 4.36. The van der Waals surface area contributed by atoms with Gasteiger partial charge in [-0.25, -0.2) is 18.0 Å². The van der Waals surface area contributed by atoms with Crippen LogP contribution < -0.4 is 5.32 Å². The minimum absolute atomic E-state index is 0.0578. The van der Waals surface area contributed by atoms with Crippen LogP contribution in [0.4, 0.5) is 5.00 Å². The van der Waals surface area contributed by atoms with E-state index in [1.165, 1.54) is 25.3 Å². The van der Waals surface area contributed by atoms with Gasteiger partial charge in [0.2, 0.25) is 0 Å². The van der Waals surface area contributed by atoms with E-state index in [0.29, 0.717) is 10.4 Å². The first-order chi connectivity index (χ1) is 13.8. The number of thiophene rings is 1. The number of amides is 1. The Hall–Kier alpha value is -2.72. The lowest BCUT2D eigenvalue weighted by Gasteiger charge is -2.13. The fraction of sp³-hybridized carbons (Fsp3) is 0.316. The number of sulfone groups is 1. The van der Waals surface area contributed by atoms with Gasteiger partial charge >= 0.3 is 11.9 Å². The van der Waals surface area contributed by atoms with Gasteiger partial charge in [-0.1, -0.05) is 6.07 Å². The Morgan fingerprint density at radius 1 is 1.17 bits per heavy atom. The van der Waals surface area contributed by atoms with Crippen LogP contribution in [0.2, 0.25) is 0 Å². The highest BCUT2D eigenvalue weighted by atomic mass is 32.2. The van der Waals surface area contributed by atoms with Gasteiger partial charge in [-0.05, 0) is 37.1 Å². The van der Waals surface area contributed by atoms with Crippen LogP contribution in [0, 0.1) is 0 Å². The number of fused-ring (bicyclic) bond motifs is 1. The van der Waals surface area contributed by atoms with E-state index in [9.17, 15) is 22.8 Å². The molecule has 0 saturated carbocycles. The molecule has 8 nitrogen and oxygen atoms in total. The van der Waals surface area contributed by atoms with Crippen LogP contribution in [0.3, 0.4) is 0 Å². The lowest BCUT2D eigenvalue weighted by atomic mass is 10.1. The highest BCUT2D eigenvalue weighted by Crippen LogP contribution is 2.38. The zero-order chi connectivity index (χ0) is 21.2. The minimum Gasteiger partial charge on any atom is -0.465 e. The number of anilines is 1. The summed E-state index contributed by atoms with van der Waals surface area (Å²) in [4.78, 5) is 37.4. The van der Waals surface area contributed by atoms with Gasteiger partial charge in [0.05, 0.1) is 36.3 Å². The van der Waals surface area contributed by atoms with Gasteiger partial charge in [0.1, 0.15) is 5.00 Å². The molecule has 29 heavy (non-hydrogen) atoms. The molecule has 3 rings (SSSR count). The predicted molar refractivity (Wildman–Crippen MR) is 107 cm³/mol. The zero-order valence-corrected chi connectivity index (χ0v) is 17.4. The molecular formula is C19H19NO7S2. The topological polar surface area (TPSA) is 116 Å². The van der Waals surface area contributed by atoms with Crippen LogP contribution in [-0.4, -0.2) is 45.7 Å². The maximum Gasteiger partial charge on any atom is 0.341 e. The molecule has 0 saturated heterocycles. The smallest absolute Gasteiger partial charge is 0.341 e. The average Bonchev–Trinajstić information content (AvgIpc) is 3.03. The number of methoxy groups -OCH3 is 1. The number of carbonyl (C=O) groups is 3. The summed E-state index contributed by atoms with van der Waals surface area (Å²) in [5, 5.41) is 2.90. The van der Waals surface area contributed by atoms with E-state index >= 15 is 0 Å². The van der Waals surface area contributed by atoms with E-state index in [0.717, 1.165) is 11.3 Å². The molecule has 1 aromatic heterocycles. The highest BCUT2D eigenvalue weighted by molar-refractivity contribution is 7.90. The van der Waals surface area contributed by atoms with Crippen LogP contribution in [0.1, 0.15) is 48.4 Å². The molecule has 1 aliphatic rings. The maximum atomic E-state index is 12.7. The third kappa shape index (κ3) is 4.48. The second kappa shape index (κ2) is 8.34. The Balaban J connectivity index is 1.96. The number of carbonyl (C=O) groups excluding carboxylic acids is 3. The van der Waals surface area contributed by atoms with Crippen LogP contribution in [-0.2, 0) is 31.5 Å². The normalized spacial score (nSPS) is 14.6. The zero-order valence-electron chi connectivity index (χ0n) is 15.8. The predicted octanol–water partition coefficient (Wildman–Crippen LogP) is 2.43. The third-order valence-corrected chi connectivity index (χ3v) is 7.24. The van der Waals surface area contributed by atoms with Crippen molar-refractivity contribution in [3.05, 3.63) is 51.4 Å². The van der Waals surface area contributed by atoms with Gasteiger partial charge < -0.3 is 14.8 Å². The largest absolute Gasteiger partial charge is 0.465 e. The molecular weight excluding hydrogens is 418 g/mol. The van der Waals surface area contributed by atoms with Gasteiger partial charge in [-0.2, -0.15) is 0 Å². The van der Waals surface area contributed by atoms with Crippen LogP contribution in [0.25, 0.3) is 0 Å². The Bertz CT molecular complexity index is 1090. The van der Waals surface area contributed by atoms with E-state index in [2.05, 4.69) is 10.1 Å². The van der Waals surface area contributed by atoms with Crippen LogP contribution in [0.5, 0.6) is 0 Å². The molecule has 1 aromatic carbocycles. The summed E-state index contributed by atoms with van der Waals surface area (Å²) in [6, 6.07) is 5.95. The first-order valence-electron chi connectivity index (χ1n) is 8.77. The van der Waals surface area contributed by atoms with E-state index in [1.54, 1.807) is 13.0 Å². The van der Waals surface area contributed by atoms with Gasteiger partial charge in [0.25, 0.3) is 5.91 Å². The Morgan fingerprint density at radius 2 is 1.90 bits per heavy atom. The molecule has 0 radical (unpaired) electrons. The summed E-state index contributed by atoms with van der Waals surface area (Å²) in [5.74, 6) is -1.96. The maximum absolute atomic E-state index is 12.7. The van der Waals surface area contributed by atoms with Crippen molar-refractivity contribution >= 4 is 44.0 Å². The molecule has 1 amide bonds. The monoisotopic (exact) mass is 437 g/mol. The minimum atomic E-state index is -3.24. The Kier molecular flexibility index (Phi) is 6.04. The average molecular weight is 437 g/mol. The molecule has 1 N–H and O–H groups in total. The number of hydrogen-bond donors (Lipinski definition) is 1. The molecule has 2 heterocycles. The van der Waals surface area contributed by atoms with Crippen molar-refractivity contribution in [1.29, 1.82) is 0 Å². The molecule has 0 aliphatic carbocycles. The summed E-state index contributed by atoms with van der Waals surface area (Å²) in [6.45, 7) is 1.81. The number of rotatable bonds is 5. The fourth-order valence-electron chi connectivity index (χ4n) is 3.01. The van der Waals surface area contributed by atoms with Gasteiger partial charge in [-0.15, -0.1) is 11.3 Å². The van der Waals surface area contributed by atoms with Gasteiger partial charge in [0.15, 0.2) is 9.84 Å². The number of ether oxygens (including phenoxy) is 2. The van der Waals surface area contributed by atoms with Crippen molar-refractivity contribution in [2.45, 2.75) is 19.1 Å². The molecule has 0 fully saturated rings. The molecule has 0 atom stereocenters. The highest BCUT2D eigenvalue weighted by Gasteiger charge is 2.32. The van der Waals surface area contributed by atoms with Crippen molar-refractivity contribution in [3.8, 4) is 0 Å². The molecule has 0 spiro atoms. The number of hydrogen-bond acceptors (Lipinski definition) is 8. The lowest BCUT2D eigenvalue weighted by Crippen LogP contribution is -2.20. The Morgan fingerprint density at radius 3 is 2.59 bits per heavy atom. The van der Waals surface area contributed by atoms with E-state index in [-0.39, 0.29) is 46.2 Å². The molecule has 0 unspecified atom stereocenters. The number of esters is 2. The summed E-state index contributed by atoms with van der Waals surface area (Å²) in [5.41, 5.74) is 1.20. The number of nitrogens with one attached hydrogen (secondary N) is 1. The summed E-state index contributed by atoms with van der Waals surface area (Å²) in [6.07, 6.45) is 0.190. The van der Waals surface area contributed by atoms with Crippen molar-refractivity contribution in [3.63, 3.8) is 0 Å². The first kappa shape index (κ1) is 21.0. The summed E-state index contributed by atoms with van der Waals surface area (Å²) < 4.78 is 33.7. The lowest BCUT2D eigenvalue weighted by molar-refractivity contribution is 0.0525. The summed E-state index contributed by atoms with van der Waals surface area (Å²) in [7, 11) is -2.00. The standard InChI is InChI=1S/C19H19NO7S2/c1-3-27-19(23)15-13-7-8-29(24,25)10-14(13)28-17(15)20-16(21)11-5-4-6-12(9-11)18(22)26-2/h4-6,9H,3,7-8,10H2,1-2H3,(H,20,21). The summed E-state index contributed by atoms with van der Waals surface area (Å²) >= 11 is 1.05. The molecule has 1 aliphatic heterocycles. The molecule has 154 valence electrons. The fourth-order valence-corrected chi connectivity index (χ4v) is 6.04. The molecule has 2 aromatic rings. The molecule has 10 heteroatoms. The van der Waals surface area contributed by atoms with Gasteiger partial charge in [0, 0.05) is 10.4 Å². The van der Waals surface area contributed by atoms with Crippen LogP contribution >= 0.6 is 11.3 Å². The van der Waals surface area contributed by atoms with Gasteiger partial charge in [-0.3, -0.25) is 4.79 Å². The van der Waals surface area contributed by atoms with Crippen LogP contribution in [0.15, 0.2) is 24.3 Å². The van der Waals surface area contributed by atoms with Crippen molar-refractivity contribution in [2.75, 3.05) is 24.8 Å². The number of benzene rings is 1.